The maximum Gasteiger partial charge on any atom is 0.479 e. The minimum atomic E-state index is -2.58. The minimum Gasteiger partial charge on any atom is -0.412 e. The van der Waals surface area contributed by atoms with Crippen LogP contribution in [0.5, 0.6) is 0 Å². The van der Waals surface area contributed by atoms with Crippen molar-refractivity contribution in [2.45, 2.75) is 39.2 Å². The summed E-state index contributed by atoms with van der Waals surface area (Å²) < 4.78 is 18.1. The molecule has 0 aromatic carbocycles. The molecule has 0 aliphatic carbocycles. The molecule has 0 aliphatic rings. The Morgan fingerprint density at radius 1 is 0.941 bits per heavy atom. The van der Waals surface area contributed by atoms with Crippen LogP contribution in [0.1, 0.15) is 6.92 Å². The average Bonchev–Trinajstić information content (AvgIpc) is 2.27. The van der Waals surface area contributed by atoms with Gasteiger partial charge >= 0.3 is 8.80 Å². The van der Waals surface area contributed by atoms with Crippen molar-refractivity contribution in [1.29, 1.82) is 0 Å². The highest BCUT2D eigenvalue weighted by Gasteiger charge is 2.46. The van der Waals surface area contributed by atoms with Crippen LogP contribution < -0.4 is 0 Å². The van der Waals surface area contributed by atoms with Crippen molar-refractivity contribution < 1.29 is 12.7 Å². The first-order valence-electron chi connectivity index (χ1n) is 5.88. The van der Waals surface area contributed by atoms with Crippen molar-refractivity contribution in [3.8, 4) is 0 Å². The van der Waals surface area contributed by atoms with E-state index in [0.717, 1.165) is 6.04 Å². The fraction of sp³-hybridized carbons (Fsp3) is 0.636. The zero-order valence-electron chi connectivity index (χ0n) is 12.0. The summed E-state index contributed by atoms with van der Waals surface area (Å²) in [7, 11) is -4.71. The van der Waals surface area contributed by atoms with E-state index in [1.165, 1.54) is 0 Å². The molecule has 0 spiro atoms. The fourth-order valence-electron chi connectivity index (χ4n) is 1.28. The Hall–Kier alpha value is 0.0106. The molecule has 3 nitrogen and oxygen atoms in total. The largest absolute Gasteiger partial charge is 0.479 e. The molecule has 0 aromatic heterocycles. The summed E-state index contributed by atoms with van der Waals surface area (Å²) in [5.41, 5.74) is 3.82. The summed E-state index contributed by atoms with van der Waals surface area (Å²) in [4.78, 5) is 0. The number of hydrogen-bond donors (Lipinski definition) is 0. The Labute approximate surface area is 109 Å². The van der Waals surface area contributed by atoms with E-state index in [-0.39, 0.29) is 0 Å². The predicted molar refractivity (Wildman–Crippen MR) is 80.8 cm³/mol. The van der Waals surface area contributed by atoms with Crippen LogP contribution in [0.25, 0.3) is 0 Å². The van der Waals surface area contributed by atoms with Crippen molar-refractivity contribution in [3.63, 3.8) is 0 Å². The maximum absolute atomic E-state index is 6.21. The first-order chi connectivity index (χ1) is 7.66. The summed E-state index contributed by atoms with van der Waals surface area (Å²) in [6.45, 7) is 18.1. The Kier molecular flexibility index (Phi) is 6.26. The molecule has 0 amide bonds. The van der Waals surface area contributed by atoms with Gasteiger partial charge in [0.25, 0.3) is 0 Å². The monoisotopic (exact) mass is 290 g/mol. The molecule has 0 saturated carbocycles. The highest BCUT2D eigenvalue weighted by Crippen LogP contribution is 2.25. The van der Waals surface area contributed by atoms with Crippen LogP contribution in [0.15, 0.2) is 24.6 Å². The molecule has 0 fully saturated rings. The lowest BCUT2D eigenvalue weighted by Gasteiger charge is -2.38. The van der Waals surface area contributed by atoms with Gasteiger partial charge in [-0.05, 0) is 26.2 Å². The highest BCUT2D eigenvalue weighted by atomic mass is 28.5. The molecule has 0 N–H and O–H groups in total. The first kappa shape index (κ1) is 17.0. The minimum absolute atomic E-state index is 0.776. The van der Waals surface area contributed by atoms with Gasteiger partial charge in [0.2, 0.25) is 16.6 Å². The van der Waals surface area contributed by atoms with E-state index in [4.69, 9.17) is 12.7 Å². The van der Waals surface area contributed by atoms with Crippen molar-refractivity contribution in [2.24, 2.45) is 0 Å². The summed E-state index contributed by atoms with van der Waals surface area (Å²) in [5, 5.41) is 0. The molecular formula is C11H26O3Si3. The van der Waals surface area contributed by atoms with Gasteiger partial charge in [0.1, 0.15) is 0 Å². The Morgan fingerprint density at radius 2 is 1.29 bits per heavy atom. The quantitative estimate of drug-likeness (QED) is 0.641. The Morgan fingerprint density at radius 3 is 1.47 bits per heavy atom. The van der Waals surface area contributed by atoms with Gasteiger partial charge in [0, 0.05) is 13.2 Å². The molecule has 0 rings (SSSR count). The van der Waals surface area contributed by atoms with E-state index in [1.807, 2.05) is 11.4 Å². The Bertz CT molecular complexity index is 249. The molecule has 0 aliphatic heterocycles. The lowest BCUT2D eigenvalue weighted by molar-refractivity contribution is 0.203. The van der Waals surface area contributed by atoms with Crippen LogP contribution in [0, 0.1) is 0 Å². The van der Waals surface area contributed by atoms with Gasteiger partial charge in [-0.1, -0.05) is 18.3 Å². The van der Waals surface area contributed by atoms with Crippen molar-refractivity contribution in [3.05, 3.63) is 24.6 Å². The molecule has 6 heteroatoms. The van der Waals surface area contributed by atoms with Crippen LogP contribution in [0.3, 0.4) is 0 Å². The van der Waals surface area contributed by atoms with Gasteiger partial charge < -0.3 is 12.7 Å². The standard InChI is InChI=1S/C11H26O3Si3/c1-9-15(5,6)13-17(11-3,12-4)14-16(7,8)10-2/h9-10H,1-2,11H2,3-8H3. The molecule has 17 heavy (non-hydrogen) atoms. The van der Waals surface area contributed by atoms with E-state index in [1.54, 1.807) is 7.11 Å². The third-order valence-electron chi connectivity index (χ3n) is 2.56. The van der Waals surface area contributed by atoms with Crippen LogP contribution in [0.4, 0.5) is 0 Å². The van der Waals surface area contributed by atoms with Crippen LogP contribution in [-0.4, -0.2) is 32.5 Å². The topological polar surface area (TPSA) is 27.7 Å². The molecular weight excluding hydrogens is 264 g/mol. The first-order valence-corrected chi connectivity index (χ1v) is 13.8. The van der Waals surface area contributed by atoms with Gasteiger partial charge in [-0.15, -0.1) is 13.2 Å². The third kappa shape index (κ3) is 5.45. The summed E-state index contributed by atoms with van der Waals surface area (Å²) >= 11 is 0. The second kappa shape index (κ2) is 6.26. The SMILES string of the molecule is C=C[Si](C)(C)O[Si](CC)(OC)O[Si](C)(C)C=C. The van der Waals surface area contributed by atoms with Gasteiger partial charge in [-0.3, -0.25) is 0 Å². The molecule has 0 unspecified atom stereocenters. The Balaban J connectivity index is 5.03. The second-order valence-electron chi connectivity index (χ2n) is 5.06. The maximum atomic E-state index is 6.21. The summed E-state index contributed by atoms with van der Waals surface area (Å²) in [6, 6.07) is 0.776. The van der Waals surface area contributed by atoms with Crippen LogP contribution in [-0.2, 0) is 12.7 Å². The van der Waals surface area contributed by atoms with E-state index >= 15 is 0 Å². The molecule has 0 radical (unpaired) electrons. The van der Waals surface area contributed by atoms with Crippen LogP contribution in [0.2, 0.25) is 32.2 Å². The zero-order chi connectivity index (χ0) is 13.7. The van der Waals surface area contributed by atoms with Gasteiger partial charge in [-0.2, -0.15) is 0 Å². The van der Waals surface area contributed by atoms with Crippen LogP contribution >= 0.6 is 0 Å². The lowest BCUT2D eigenvalue weighted by Crippen LogP contribution is -2.56. The van der Waals surface area contributed by atoms with Crippen molar-refractivity contribution in [2.75, 3.05) is 7.11 Å². The third-order valence-corrected chi connectivity index (χ3v) is 12.7. The van der Waals surface area contributed by atoms with E-state index in [9.17, 15) is 0 Å². The molecule has 0 saturated heterocycles. The predicted octanol–water partition coefficient (Wildman–Crippen LogP) is 3.49. The highest BCUT2D eigenvalue weighted by molar-refractivity contribution is 6.89. The fourth-order valence-corrected chi connectivity index (χ4v) is 11.0. The molecule has 0 aromatic rings. The average molecular weight is 291 g/mol. The second-order valence-corrected chi connectivity index (χ2v) is 16.4. The summed E-state index contributed by atoms with van der Waals surface area (Å²) in [6.07, 6.45) is 0. The molecule has 0 atom stereocenters. The zero-order valence-corrected chi connectivity index (χ0v) is 15.0. The summed E-state index contributed by atoms with van der Waals surface area (Å²) in [5.74, 6) is 0. The van der Waals surface area contributed by atoms with Crippen molar-refractivity contribution >= 4 is 25.4 Å². The van der Waals surface area contributed by atoms with E-state index in [2.05, 4.69) is 46.3 Å². The van der Waals surface area contributed by atoms with E-state index < -0.39 is 25.4 Å². The van der Waals surface area contributed by atoms with E-state index in [0.29, 0.717) is 0 Å². The number of rotatable bonds is 8. The van der Waals surface area contributed by atoms with Gasteiger partial charge in [0.15, 0.2) is 0 Å². The number of hydrogen-bond acceptors (Lipinski definition) is 3. The molecule has 0 bridgehead atoms. The van der Waals surface area contributed by atoms with Crippen molar-refractivity contribution in [1.82, 2.24) is 0 Å². The molecule has 0 heterocycles. The lowest BCUT2D eigenvalue weighted by atomic mass is 11.0. The normalized spacial score (nSPS) is 13.5. The molecule has 100 valence electrons. The van der Waals surface area contributed by atoms with Gasteiger partial charge in [0.05, 0.1) is 0 Å². The van der Waals surface area contributed by atoms with Gasteiger partial charge in [-0.25, -0.2) is 0 Å². The smallest absolute Gasteiger partial charge is 0.412 e.